The van der Waals surface area contributed by atoms with Crippen LogP contribution in [0.4, 0.5) is 4.39 Å². The Balaban J connectivity index is 1.60. The number of halogens is 2. The number of ether oxygens (including phenoxy) is 2. The Hall–Kier alpha value is -2.80. The molecule has 0 saturated carbocycles. The Morgan fingerprint density at radius 3 is 2.28 bits per heavy atom. The van der Waals surface area contributed by atoms with Crippen molar-refractivity contribution in [2.75, 3.05) is 40.4 Å². The van der Waals surface area contributed by atoms with Gasteiger partial charge in [0.1, 0.15) is 5.82 Å². The zero-order valence-corrected chi connectivity index (χ0v) is 17.0. The molecule has 0 N–H and O–H groups in total. The number of methoxy groups -OCH3 is 2. The summed E-state index contributed by atoms with van der Waals surface area (Å²) in [5, 5.41) is 0.0851. The number of carbonyl (C=O) groups is 2. The molecule has 2 amide bonds. The quantitative estimate of drug-likeness (QED) is 0.746. The monoisotopic (exact) mass is 420 g/mol. The van der Waals surface area contributed by atoms with Gasteiger partial charge in [0.15, 0.2) is 11.5 Å². The maximum atomic E-state index is 14.0. The highest BCUT2D eigenvalue weighted by Gasteiger charge is 2.27. The second-order valence-electron chi connectivity index (χ2n) is 6.64. The van der Waals surface area contributed by atoms with E-state index in [4.69, 9.17) is 21.1 Å². The number of amides is 2. The van der Waals surface area contributed by atoms with E-state index in [2.05, 4.69) is 0 Å². The molecule has 0 aliphatic carbocycles. The summed E-state index contributed by atoms with van der Waals surface area (Å²) < 4.78 is 24.5. The third-order valence-electron chi connectivity index (χ3n) is 4.90. The minimum absolute atomic E-state index is 0.0479. The van der Waals surface area contributed by atoms with E-state index in [-0.39, 0.29) is 22.9 Å². The van der Waals surface area contributed by atoms with Gasteiger partial charge in [-0.3, -0.25) is 9.59 Å². The first-order valence-electron chi connectivity index (χ1n) is 9.16. The minimum Gasteiger partial charge on any atom is -0.493 e. The molecule has 0 aromatic heterocycles. The minimum atomic E-state index is -0.644. The molecule has 1 heterocycles. The topological polar surface area (TPSA) is 59.1 Å². The summed E-state index contributed by atoms with van der Waals surface area (Å²) in [4.78, 5) is 28.5. The average molecular weight is 421 g/mol. The predicted molar refractivity (Wildman–Crippen MR) is 107 cm³/mol. The van der Waals surface area contributed by atoms with Gasteiger partial charge in [0.05, 0.1) is 31.2 Å². The molecular formula is C21H22ClFN2O4. The van der Waals surface area contributed by atoms with Crippen LogP contribution < -0.4 is 9.47 Å². The summed E-state index contributed by atoms with van der Waals surface area (Å²) in [7, 11) is 3.10. The Morgan fingerprint density at radius 2 is 1.66 bits per heavy atom. The summed E-state index contributed by atoms with van der Waals surface area (Å²) in [6.07, 6.45) is 0.216. The summed E-state index contributed by atoms with van der Waals surface area (Å²) in [6, 6.07) is 9.51. The first-order valence-corrected chi connectivity index (χ1v) is 9.54. The van der Waals surface area contributed by atoms with Crippen molar-refractivity contribution in [3.8, 4) is 11.5 Å². The van der Waals surface area contributed by atoms with E-state index in [1.807, 2.05) is 6.07 Å². The lowest BCUT2D eigenvalue weighted by atomic mass is 10.1. The van der Waals surface area contributed by atoms with Crippen LogP contribution >= 0.6 is 11.6 Å². The smallest absolute Gasteiger partial charge is 0.258 e. The number of hydrogen-bond acceptors (Lipinski definition) is 4. The van der Waals surface area contributed by atoms with E-state index in [0.29, 0.717) is 37.7 Å². The summed E-state index contributed by atoms with van der Waals surface area (Å²) in [5.41, 5.74) is 0.684. The van der Waals surface area contributed by atoms with Crippen LogP contribution in [0.15, 0.2) is 36.4 Å². The molecule has 29 heavy (non-hydrogen) atoms. The molecule has 1 aliphatic rings. The average Bonchev–Trinajstić information content (AvgIpc) is 2.73. The number of nitrogens with zero attached hydrogens (tertiary/aromatic N) is 2. The molecule has 0 unspecified atom stereocenters. The van der Waals surface area contributed by atoms with Gasteiger partial charge in [-0.1, -0.05) is 23.7 Å². The van der Waals surface area contributed by atoms with Gasteiger partial charge in [0, 0.05) is 26.2 Å². The zero-order chi connectivity index (χ0) is 21.0. The van der Waals surface area contributed by atoms with Crippen LogP contribution in [0, 0.1) is 5.82 Å². The Kier molecular flexibility index (Phi) is 6.59. The SMILES string of the molecule is COc1ccc(CC(=O)N2CCN(C(=O)c3c(F)cccc3Cl)CC2)cc1OC. The first-order chi connectivity index (χ1) is 13.9. The van der Waals surface area contributed by atoms with E-state index in [1.54, 1.807) is 31.3 Å². The van der Waals surface area contributed by atoms with Gasteiger partial charge in [-0.2, -0.15) is 0 Å². The molecular weight excluding hydrogens is 399 g/mol. The lowest BCUT2D eigenvalue weighted by molar-refractivity contribution is -0.131. The zero-order valence-electron chi connectivity index (χ0n) is 16.3. The van der Waals surface area contributed by atoms with Gasteiger partial charge in [-0.25, -0.2) is 4.39 Å². The molecule has 0 radical (unpaired) electrons. The number of piperazine rings is 1. The Morgan fingerprint density at radius 1 is 1.00 bits per heavy atom. The molecule has 2 aromatic rings. The molecule has 154 valence electrons. The van der Waals surface area contributed by atoms with E-state index in [0.717, 1.165) is 5.56 Å². The highest BCUT2D eigenvalue weighted by Crippen LogP contribution is 2.28. The van der Waals surface area contributed by atoms with Crippen molar-refractivity contribution < 1.29 is 23.5 Å². The maximum absolute atomic E-state index is 14.0. The van der Waals surface area contributed by atoms with Gasteiger partial charge < -0.3 is 19.3 Å². The molecule has 1 saturated heterocycles. The number of benzene rings is 2. The van der Waals surface area contributed by atoms with Gasteiger partial charge in [0.2, 0.25) is 5.91 Å². The van der Waals surface area contributed by atoms with E-state index in [1.165, 1.54) is 23.1 Å². The predicted octanol–water partition coefficient (Wildman–Crippen LogP) is 3.02. The Bertz CT molecular complexity index is 893. The molecule has 8 heteroatoms. The largest absolute Gasteiger partial charge is 0.493 e. The van der Waals surface area contributed by atoms with Crippen molar-refractivity contribution in [1.82, 2.24) is 9.80 Å². The van der Waals surface area contributed by atoms with Gasteiger partial charge in [-0.05, 0) is 29.8 Å². The van der Waals surface area contributed by atoms with Crippen LogP contribution in [0.1, 0.15) is 15.9 Å². The van der Waals surface area contributed by atoms with E-state index >= 15 is 0 Å². The van der Waals surface area contributed by atoms with Crippen LogP contribution in [0.2, 0.25) is 5.02 Å². The normalized spacial score (nSPS) is 13.9. The van der Waals surface area contributed by atoms with Crippen LogP contribution in [-0.4, -0.2) is 62.0 Å². The lowest BCUT2D eigenvalue weighted by Crippen LogP contribution is -2.51. The van der Waals surface area contributed by atoms with E-state index < -0.39 is 11.7 Å². The molecule has 0 spiro atoms. The molecule has 0 atom stereocenters. The second kappa shape index (κ2) is 9.13. The van der Waals surface area contributed by atoms with Crippen LogP contribution in [-0.2, 0) is 11.2 Å². The molecule has 1 fully saturated rings. The van der Waals surface area contributed by atoms with Crippen LogP contribution in [0.3, 0.4) is 0 Å². The fourth-order valence-electron chi connectivity index (χ4n) is 3.30. The van der Waals surface area contributed by atoms with Gasteiger partial charge in [-0.15, -0.1) is 0 Å². The molecule has 2 aromatic carbocycles. The third-order valence-corrected chi connectivity index (χ3v) is 5.21. The van der Waals surface area contributed by atoms with Crippen molar-refractivity contribution in [2.45, 2.75) is 6.42 Å². The number of carbonyl (C=O) groups excluding carboxylic acids is 2. The fourth-order valence-corrected chi connectivity index (χ4v) is 3.54. The van der Waals surface area contributed by atoms with Crippen molar-refractivity contribution in [3.05, 3.63) is 58.4 Å². The van der Waals surface area contributed by atoms with Crippen LogP contribution in [0.5, 0.6) is 11.5 Å². The van der Waals surface area contributed by atoms with Crippen LogP contribution in [0.25, 0.3) is 0 Å². The summed E-state index contributed by atoms with van der Waals surface area (Å²) >= 11 is 5.99. The summed E-state index contributed by atoms with van der Waals surface area (Å²) in [6.45, 7) is 1.40. The van der Waals surface area contributed by atoms with Crippen molar-refractivity contribution in [2.24, 2.45) is 0 Å². The Labute approximate surface area is 173 Å². The highest BCUT2D eigenvalue weighted by molar-refractivity contribution is 6.33. The fraction of sp³-hybridized carbons (Fsp3) is 0.333. The van der Waals surface area contributed by atoms with E-state index in [9.17, 15) is 14.0 Å². The first kappa shape index (κ1) is 20.9. The van der Waals surface area contributed by atoms with Crippen molar-refractivity contribution in [3.63, 3.8) is 0 Å². The number of rotatable bonds is 5. The maximum Gasteiger partial charge on any atom is 0.258 e. The van der Waals surface area contributed by atoms with Crippen molar-refractivity contribution in [1.29, 1.82) is 0 Å². The second-order valence-corrected chi connectivity index (χ2v) is 7.04. The van der Waals surface area contributed by atoms with Gasteiger partial charge in [0.25, 0.3) is 5.91 Å². The van der Waals surface area contributed by atoms with Gasteiger partial charge >= 0.3 is 0 Å². The summed E-state index contributed by atoms with van der Waals surface area (Å²) in [5.74, 6) is 0.0143. The third kappa shape index (κ3) is 4.62. The molecule has 0 bridgehead atoms. The van der Waals surface area contributed by atoms with Crippen molar-refractivity contribution >= 4 is 23.4 Å². The molecule has 6 nitrogen and oxygen atoms in total. The highest BCUT2D eigenvalue weighted by atomic mass is 35.5. The molecule has 3 rings (SSSR count). The number of hydrogen-bond donors (Lipinski definition) is 0. The molecule has 1 aliphatic heterocycles. The lowest BCUT2D eigenvalue weighted by Gasteiger charge is -2.35. The standard InChI is InChI=1S/C21H22ClFN2O4/c1-28-17-7-6-14(12-18(17)29-2)13-19(26)24-8-10-25(11-9-24)21(27)20-15(22)4-3-5-16(20)23/h3-7,12H,8-11,13H2,1-2H3.